The zero-order chi connectivity index (χ0) is 19.2. The number of halogens is 1. The molecule has 1 heterocycles. The molecule has 2 aliphatic rings. The summed E-state index contributed by atoms with van der Waals surface area (Å²) in [5.41, 5.74) is 1.02. The van der Waals surface area contributed by atoms with Gasteiger partial charge in [0.05, 0.1) is 4.90 Å². The first-order valence-electron chi connectivity index (χ1n) is 8.93. The number of nitrogens with one attached hydrogen (secondary N) is 1. The molecule has 0 bridgehead atoms. The lowest BCUT2D eigenvalue weighted by Crippen LogP contribution is -2.30. The summed E-state index contributed by atoms with van der Waals surface area (Å²) in [7, 11) is -3.55. The van der Waals surface area contributed by atoms with Gasteiger partial charge in [0.25, 0.3) is 0 Å². The zero-order valence-electron chi connectivity index (χ0n) is 15.0. The van der Waals surface area contributed by atoms with Crippen LogP contribution in [0.25, 0.3) is 0 Å². The molecule has 1 saturated heterocycles. The molecular weight excluding hydrogens is 367 g/mol. The van der Waals surface area contributed by atoms with Crippen LogP contribution in [0.5, 0.6) is 0 Å². The van der Waals surface area contributed by atoms with Crippen molar-refractivity contribution in [1.29, 1.82) is 0 Å². The van der Waals surface area contributed by atoms with Gasteiger partial charge in [-0.25, -0.2) is 12.8 Å². The first-order valence-corrected chi connectivity index (χ1v) is 10.4. The Balaban J connectivity index is 1.45. The van der Waals surface area contributed by atoms with Crippen molar-refractivity contribution in [2.45, 2.75) is 24.7 Å². The number of benzene rings is 2. The molecule has 7 heteroatoms. The van der Waals surface area contributed by atoms with Gasteiger partial charge in [0.15, 0.2) is 0 Å². The summed E-state index contributed by atoms with van der Waals surface area (Å²) in [4.78, 5) is 12.8. The van der Waals surface area contributed by atoms with Crippen molar-refractivity contribution >= 4 is 21.6 Å². The Morgan fingerprint density at radius 3 is 2.74 bits per heavy atom. The van der Waals surface area contributed by atoms with Crippen LogP contribution < -0.4 is 5.32 Å². The van der Waals surface area contributed by atoms with Gasteiger partial charge in [-0.05, 0) is 61.1 Å². The Labute approximate surface area is 158 Å². The topological polar surface area (TPSA) is 66.5 Å². The Hall–Kier alpha value is -2.25. The highest BCUT2D eigenvalue weighted by atomic mass is 32.2. The second kappa shape index (κ2) is 6.42. The van der Waals surface area contributed by atoms with Crippen molar-refractivity contribution in [3.63, 3.8) is 0 Å². The van der Waals surface area contributed by atoms with Crippen LogP contribution in [0, 0.1) is 24.1 Å². The summed E-state index contributed by atoms with van der Waals surface area (Å²) < 4.78 is 40.5. The summed E-state index contributed by atoms with van der Waals surface area (Å²) in [6.45, 7) is 2.63. The number of rotatable bonds is 4. The molecule has 0 radical (unpaired) electrons. The molecule has 2 aromatic carbocycles. The van der Waals surface area contributed by atoms with E-state index in [0.29, 0.717) is 36.5 Å². The monoisotopic (exact) mass is 388 g/mol. The summed E-state index contributed by atoms with van der Waals surface area (Å²) in [6.07, 6.45) is 1.33. The molecule has 1 aliphatic heterocycles. The summed E-state index contributed by atoms with van der Waals surface area (Å²) in [6, 6.07) is 12.6. The van der Waals surface area contributed by atoms with Gasteiger partial charge in [-0.15, -0.1) is 0 Å². The van der Waals surface area contributed by atoms with Crippen molar-refractivity contribution in [2.24, 2.45) is 11.3 Å². The second-order valence-corrected chi connectivity index (χ2v) is 9.46. The van der Waals surface area contributed by atoms with E-state index in [1.807, 2.05) is 13.0 Å². The molecular formula is C20H21FN2O3S. The minimum absolute atomic E-state index is 0.171. The van der Waals surface area contributed by atoms with Crippen LogP contribution in [0.4, 0.5) is 10.1 Å². The molecule has 1 spiro atoms. The van der Waals surface area contributed by atoms with Crippen LogP contribution in [0.2, 0.25) is 0 Å². The van der Waals surface area contributed by atoms with E-state index in [0.717, 1.165) is 5.56 Å². The molecule has 2 aromatic rings. The quantitative estimate of drug-likeness (QED) is 0.875. The Morgan fingerprint density at radius 1 is 1.22 bits per heavy atom. The van der Waals surface area contributed by atoms with Gasteiger partial charge in [0, 0.05) is 24.7 Å². The molecule has 27 heavy (non-hydrogen) atoms. The maximum atomic E-state index is 13.3. The normalized spacial score (nSPS) is 24.9. The highest BCUT2D eigenvalue weighted by Crippen LogP contribution is 2.59. The predicted octanol–water partition coefficient (Wildman–Crippen LogP) is 3.17. The van der Waals surface area contributed by atoms with Crippen molar-refractivity contribution in [1.82, 2.24) is 4.31 Å². The smallest absolute Gasteiger partial charge is 0.243 e. The molecule has 4 rings (SSSR count). The van der Waals surface area contributed by atoms with E-state index in [1.54, 1.807) is 30.3 Å². The van der Waals surface area contributed by atoms with E-state index in [1.165, 1.54) is 16.4 Å². The number of carbonyl (C=O) groups is 1. The lowest BCUT2D eigenvalue weighted by molar-refractivity contribution is -0.118. The average molecular weight is 388 g/mol. The van der Waals surface area contributed by atoms with E-state index >= 15 is 0 Å². The number of sulfonamides is 1. The molecule has 2 fully saturated rings. The summed E-state index contributed by atoms with van der Waals surface area (Å²) in [5.74, 6) is -0.816. The predicted molar refractivity (Wildman–Crippen MR) is 100 cm³/mol. The minimum Gasteiger partial charge on any atom is -0.326 e. The minimum atomic E-state index is -3.55. The molecule has 1 aliphatic carbocycles. The van der Waals surface area contributed by atoms with Gasteiger partial charge >= 0.3 is 0 Å². The average Bonchev–Trinajstić information content (AvgIpc) is 3.14. The van der Waals surface area contributed by atoms with Gasteiger partial charge in [-0.1, -0.05) is 18.2 Å². The van der Waals surface area contributed by atoms with Crippen LogP contribution in [-0.2, 0) is 14.8 Å². The first kappa shape index (κ1) is 18.1. The van der Waals surface area contributed by atoms with E-state index < -0.39 is 15.8 Å². The highest BCUT2D eigenvalue weighted by molar-refractivity contribution is 7.89. The molecule has 1 saturated carbocycles. The van der Waals surface area contributed by atoms with Gasteiger partial charge in [0.1, 0.15) is 5.82 Å². The maximum Gasteiger partial charge on any atom is 0.243 e. The van der Waals surface area contributed by atoms with Crippen LogP contribution in [0.15, 0.2) is 53.4 Å². The zero-order valence-corrected chi connectivity index (χ0v) is 15.8. The Morgan fingerprint density at radius 2 is 2.00 bits per heavy atom. The Bertz CT molecular complexity index is 1010. The Kier molecular flexibility index (Phi) is 4.31. The lowest BCUT2D eigenvalue weighted by Gasteiger charge is -2.17. The third-order valence-corrected chi connectivity index (χ3v) is 7.42. The van der Waals surface area contributed by atoms with Gasteiger partial charge in [-0.2, -0.15) is 4.31 Å². The SMILES string of the molecule is Cc1cccc(S(=O)(=O)N2CC[C@]3(C[C@@H]3C(=O)Nc3cccc(F)c3)C2)c1. The number of carbonyl (C=O) groups excluding carboxylic acids is 1. The fourth-order valence-electron chi connectivity index (χ4n) is 3.95. The molecule has 0 aromatic heterocycles. The summed E-state index contributed by atoms with van der Waals surface area (Å²) >= 11 is 0. The number of nitrogens with zero attached hydrogens (tertiary/aromatic N) is 1. The third-order valence-electron chi connectivity index (χ3n) is 5.58. The van der Waals surface area contributed by atoms with Gasteiger partial charge in [-0.3, -0.25) is 4.79 Å². The second-order valence-electron chi connectivity index (χ2n) is 7.52. The van der Waals surface area contributed by atoms with E-state index in [4.69, 9.17) is 0 Å². The fourth-order valence-corrected chi connectivity index (χ4v) is 5.59. The van der Waals surface area contributed by atoms with Crippen molar-refractivity contribution in [3.8, 4) is 0 Å². The van der Waals surface area contributed by atoms with Crippen LogP contribution in [0.3, 0.4) is 0 Å². The molecule has 5 nitrogen and oxygen atoms in total. The largest absolute Gasteiger partial charge is 0.326 e. The number of amides is 1. The van der Waals surface area contributed by atoms with Crippen LogP contribution in [-0.4, -0.2) is 31.7 Å². The third kappa shape index (κ3) is 3.37. The van der Waals surface area contributed by atoms with Crippen molar-refractivity contribution in [3.05, 3.63) is 59.9 Å². The maximum absolute atomic E-state index is 13.3. The van der Waals surface area contributed by atoms with E-state index in [2.05, 4.69) is 5.32 Å². The van der Waals surface area contributed by atoms with Gasteiger partial charge in [0.2, 0.25) is 15.9 Å². The molecule has 1 amide bonds. The van der Waals surface area contributed by atoms with E-state index in [-0.39, 0.29) is 17.2 Å². The lowest BCUT2D eigenvalue weighted by atomic mass is 10.0. The number of aryl methyl sites for hydroxylation is 1. The molecule has 0 unspecified atom stereocenters. The van der Waals surface area contributed by atoms with Crippen molar-refractivity contribution < 1.29 is 17.6 Å². The standard InChI is InChI=1S/C20H21FN2O3S/c1-14-4-2-7-17(10-14)27(25,26)23-9-8-20(13-23)12-18(20)19(24)22-16-6-3-5-15(21)11-16/h2-7,10-11,18H,8-9,12-13H2,1H3,(H,22,24)/t18-,20+/m1/s1. The van der Waals surface area contributed by atoms with Crippen LogP contribution >= 0.6 is 0 Å². The molecule has 2 atom stereocenters. The fraction of sp³-hybridized carbons (Fsp3) is 0.350. The highest BCUT2D eigenvalue weighted by Gasteiger charge is 2.62. The number of hydrogen-bond acceptors (Lipinski definition) is 3. The first-order chi connectivity index (χ1) is 12.8. The number of hydrogen-bond donors (Lipinski definition) is 1. The molecule has 142 valence electrons. The van der Waals surface area contributed by atoms with Crippen molar-refractivity contribution in [2.75, 3.05) is 18.4 Å². The van der Waals surface area contributed by atoms with Gasteiger partial charge < -0.3 is 5.32 Å². The van der Waals surface area contributed by atoms with Crippen LogP contribution in [0.1, 0.15) is 18.4 Å². The molecule has 1 N–H and O–H groups in total. The summed E-state index contributed by atoms with van der Waals surface area (Å²) in [5, 5.41) is 2.74. The van der Waals surface area contributed by atoms with E-state index in [9.17, 15) is 17.6 Å². The number of anilines is 1.